The van der Waals surface area contributed by atoms with E-state index in [0.29, 0.717) is 5.02 Å². The molecule has 1 heterocycles. The summed E-state index contributed by atoms with van der Waals surface area (Å²) in [6, 6.07) is 7.28. The average molecular weight is 267 g/mol. The van der Waals surface area contributed by atoms with Crippen LogP contribution in [0, 0.1) is 5.41 Å². The summed E-state index contributed by atoms with van der Waals surface area (Å²) < 4.78 is 0. The molecular formula is C14H19ClN2O. The summed E-state index contributed by atoms with van der Waals surface area (Å²) in [6.07, 6.45) is 2.85. The van der Waals surface area contributed by atoms with Gasteiger partial charge in [0.05, 0.1) is 5.41 Å². The normalized spacial score (nSPS) is 23.7. The van der Waals surface area contributed by atoms with E-state index in [1.165, 1.54) is 0 Å². The largest absolute Gasteiger partial charge is 0.326 e. The van der Waals surface area contributed by atoms with Gasteiger partial charge in [-0.25, -0.2) is 0 Å². The van der Waals surface area contributed by atoms with Gasteiger partial charge in [-0.15, -0.1) is 0 Å². The van der Waals surface area contributed by atoms with Gasteiger partial charge in [0.25, 0.3) is 0 Å². The Morgan fingerprint density at radius 1 is 1.56 bits per heavy atom. The maximum atomic E-state index is 12.4. The van der Waals surface area contributed by atoms with Crippen LogP contribution in [-0.4, -0.2) is 19.0 Å². The van der Waals surface area contributed by atoms with Crippen molar-refractivity contribution in [3.63, 3.8) is 0 Å². The van der Waals surface area contributed by atoms with E-state index >= 15 is 0 Å². The molecule has 0 spiro atoms. The minimum Gasteiger partial charge on any atom is -0.326 e. The zero-order valence-corrected chi connectivity index (χ0v) is 11.4. The molecule has 1 aliphatic heterocycles. The maximum absolute atomic E-state index is 12.4. The van der Waals surface area contributed by atoms with E-state index in [2.05, 4.69) is 17.6 Å². The van der Waals surface area contributed by atoms with Crippen molar-refractivity contribution in [1.82, 2.24) is 5.32 Å². The molecule has 1 fully saturated rings. The number of anilines is 1. The van der Waals surface area contributed by atoms with E-state index < -0.39 is 0 Å². The maximum Gasteiger partial charge on any atom is 0.231 e. The second kappa shape index (κ2) is 5.72. The lowest BCUT2D eigenvalue weighted by Gasteiger charge is -2.35. The van der Waals surface area contributed by atoms with Crippen molar-refractivity contribution in [2.45, 2.75) is 26.2 Å². The highest BCUT2D eigenvalue weighted by Gasteiger charge is 2.37. The number of amides is 1. The van der Waals surface area contributed by atoms with Crippen LogP contribution in [0.1, 0.15) is 26.2 Å². The highest BCUT2D eigenvalue weighted by atomic mass is 35.5. The lowest BCUT2D eigenvalue weighted by atomic mass is 9.77. The van der Waals surface area contributed by atoms with E-state index in [4.69, 9.17) is 11.6 Å². The van der Waals surface area contributed by atoms with Gasteiger partial charge in [0.2, 0.25) is 5.91 Å². The number of nitrogens with one attached hydrogen (secondary N) is 2. The number of carbonyl (C=O) groups excluding carboxylic acids is 1. The Morgan fingerprint density at radius 2 is 2.39 bits per heavy atom. The Labute approximate surface area is 113 Å². The molecule has 0 aliphatic carbocycles. The van der Waals surface area contributed by atoms with Crippen molar-refractivity contribution in [1.29, 1.82) is 0 Å². The summed E-state index contributed by atoms with van der Waals surface area (Å²) in [6.45, 7) is 3.84. The van der Waals surface area contributed by atoms with Gasteiger partial charge >= 0.3 is 0 Å². The molecule has 2 N–H and O–H groups in total. The SMILES string of the molecule is CCC1(C(=O)Nc2cccc(Cl)c2)CCCNC1. The van der Waals surface area contributed by atoms with Crippen molar-refractivity contribution < 1.29 is 4.79 Å². The zero-order chi connectivity index (χ0) is 13.0. The standard InChI is InChI=1S/C14H19ClN2O/c1-2-14(7-4-8-16-10-14)13(18)17-12-6-3-5-11(15)9-12/h3,5-6,9,16H,2,4,7-8,10H2,1H3,(H,17,18). The second-order valence-corrected chi connectivity index (χ2v) is 5.32. The molecule has 18 heavy (non-hydrogen) atoms. The fourth-order valence-corrected chi connectivity index (χ4v) is 2.64. The van der Waals surface area contributed by atoms with Gasteiger partial charge in [0, 0.05) is 17.3 Å². The Balaban J connectivity index is 2.10. The molecule has 0 radical (unpaired) electrons. The first-order valence-electron chi connectivity index (χ1n) is 6.44. The molecule has 98 valence electrons. The molecule has 1 aromatic carbocycles. The molecule has 1 unspecified atom stereocenters. The van der Waals surface area contributed by atoms with Gasteiger partial charge in [-0.3, -0.25) is 4.79 Å². The number of carbonyl (C=O) groups is 1. The summed E-state index contributed by atoms with van der Waals surface area (Å²) in [5.74, 6) is 0.0967. The number of rotatable bonds is 3. The van der Waals surface area contributed by atoms with Crippen LogP contribution in [-0.2, 0) is 4.79 Å². The highest BCUT2D eigenvalue weighted by molar-refractivity contribution is 6.30. The van der Waals surface area contributed by atoms with Crippen molar-refractivity contribution >= 4 is 23.2 Å². The number of piperidine rings is 1. The average Bonchev–Trinajstić information content (AvgIpc) is 2.39. The van der Waals surface area contributed by atoms with Crippen LogP contribution >= 0.6 is 11.6 Å². The Bertz CT molecular complexity index is 428. The third kappa shape index (κ3) is 2.85. The molecule has 1 amide bonds. The Hall–Kier alpha value is -1.06. The van der Waals surface area contributed by atoms with Gasteiger partial charge < -0.3 is 10.6 Å². The van der Waals surface area contributed by atoms with E-state index in [1.54, 1.807) is 12.1 Å². The van der Waals surface area contributed by atoms with Gasteiger partial charge in [0.1, 0.15) is 0 Å². The second-order valence-electron chi connectivity index (χ2n) is 4.88. The fourth-order valence-electron chi connectivity index (χ4n) is 2.45. The molecule has 1 aliphatic rings. The molecular weight excluding hydrogens is 248 g/mol. The van der Waals surface area contributed by atoms with Crippen LogP contribution in [0.5, 0.6) is 0 Å². The smallest absolute Gasteiger partial charge is 0.231 e. The third-order valence-corrected chi connectivity index (χ3v) is 3.95. The molecule has 2 rings (SSSR count). The van der Waals surface area contributed by atoms with Gasteiger partial charge in [-0.1, -0.05) is 24.6 Å². The molecule has 1 atom stereocenters. The quantitative estimate of drug-likeness (QED) is 0.883. The molecule has 3 nitrogen and oxygen atoms in total. The predicted molar refractivity (Wildman–Crippen MR) is 74.9 cm³/mol. The monoisotopic (exact) mass is 266 g/mol. The van der Waals surface area contributed by atoms with E-state index in [1.807, 2.05) is 12.1 Å². The summed E-state index contributed by atoms with van der Waals surface area (Å²) in [5, 5.41) is 6.94. The summed E-state index contributed by atoms with van der Waals surface area (Å²) in [5.41, 5.74) is 0.492. The van der Waals surface area contributed by atoms with Gasteiger partial charge in [0.15, 0.2) is 0 Å². The van der Waals surface area contributed by atoms with E-state index in [0.717, 1.165) is 38.0 Å². The van der Waals surface area contributed by atoms with Crippen LogP contribution in [0.25, 0.3) is 0 Å². The fraction of sp³-hybridized carbons (Fsp3) is 0.500. The first-order chi connectivity index (χ1) is 8.66. The zero-order valence-electron chi connectivity index (χ0n) is 10.6. The number of hydrogen-bond acceptors (Lipinski definition) is 2. The third-order valence-electron chi connectivity index (χ3n) is 3.71. The van der Waals surface area contributed by atoms with Crippen molar-refractivity contribution in [2.24, 2.45) is 5.41 Å². The summed E-state index contributed by atoms with van der Waals surface area (Å²) in [4.78, 5) is 12.4. The van der Waals surface area contributed by atoms with Crippen molar-refractivity contribution in [3.05, 3.63) is 29.3 Å². The molecule has 4 heteroatoms. The van der Waals surface area contributed by atoms with Crippen molar-refractivity contribution in [2.75, 3.05) is 18.4 Å². The van der Waals surface area contributed by atoms with Gasteiger partial charge in [-0.2, -0.15) is 0 Å². The highest BCUT2D eigenvalue weighted by Crippen LogP contribution is 2.31. The molecule has 1 aromatic rings. The van der Waals surface area contributed by atoms with Crippen LogP contribution < -0.4 is 10.6 Å². The number of hydrogen-bond donors (Lipinski definition) is 2. The minimum atomic E-state index is -0.277. The first-order valence-corrected chi connectivity index (χ1v) is 6.82. The Morgan fingerprint density at radius 3 is 3.00 bits per heavy atom. The van der Waals surface area contributed by atoms with Crippen LogP contribution in [0.4, 0.5) is 5.69 Å². The predicted octanol–water partition coefficient (Wildman–Crippen LogP) is 3.06. The first kappa shape index (κ1) is 13.4. The topological polar surface area (TPSA) is 41.1 Å². The van der Waals surface area contributed by atoms with E-state index in [9.17, 15) is 4.79 Å². The Kier molecular flexibility index (Phi) is 4.25. The molecule has 1 saturated heterocycles. The molecule has 0 bridgehead atoms. The molecule has 0 aromatic heterocycles. The number of benzene rings is 1. The van der Waals surface area contributed by atoms with Crippen LogP contribution in [0.3, 0.4) is 0 Å². The molecule has 0 saturated carbocycles. The lowest BCUT2D eigenvalue weighted by Crippen LogP contribution is -2.47. The lowest BCUT2D eigenvalue weighted by molar-refractivity contribution is -0.126. The van der Waals surface area contributed by atoms with Crippen molar-refractivity contribution in [3.8, 4) is 0 Å². The minimum absolute atomic E-state index is 0.0967. The van der Waals surface area contributed by atoms with Crippen LogP contribution in [0.2, 0.25) is 5.02 Å². The van der Waals surface area contributed by atoms with Crippen LogP contribution in [0.15, 0.2) is 24.3 Å². The van der Waals surface area contributed by atoms with Gasteiger partial charge in [-0.05, 0) is 44.0 Å². The van der Waals surface area contributed by atoms with E-state index in [-0.39, 0.29) is 11.3 Å². The number of halogens is 1. The summed E-state index contributed by atoms with van der Waals surface area (Å²) >= 11 is 5.92. The summed E-state index contributed by atoms with van der Waals surface area (Å²) in [7, 11) is 0.